The van der Waals surface area contributed by atoms with Crippen molar-refractivity contribution in [2.24, 2.45) is 11.8 Å². The number of carbonyl (C=O) groups is 1. The van der Waals surface area contributed by atoms with E-state index in [4.69, 9.17) is 25.5 Å². The summed E-state index contributed by atoms with van der Waals surface area (Å²) in [6.07, 6.45) is -5.11. The summed E-state index contributed by atoms with van der Waals surface area (Å²) in [4.78, 5) is 28.5. The number of esters is 1. The molecule has 1 aromatic heterocycles. The van der Waals surface area contributed by atoms with E-state index in [9.17, 15) is 27.2 Å². The maximum Gasteiger partial charge on any atom is 0.453 e. The minimum absolute atomic E-state index is 0.0113. The van der Waals surface area contributed by atoms with Crippen LogP contribution in [0, 0.1) is 17.7 Å². The van der Waals surface area contributed by atoms with E-state index >= 15 is 0 Å². The van der Waals surface area contributed by atoms with Crippen LogP contribution < -0.4 is 14.9 Å². The summed E-state index contributed by atoms with van der Waals surface area (Å²) >= 11 is 5.87. The number of hydrogen-bond donors (Lipinski definition) is 0. The Bertz CT molecular complexity index is 1640. The van der Waals surface area contributed by atoms with Crippen molar-refractivity contribution in [1.29, 1.82) is 0 Å². The van der Waals surface area contributed by atoms with Crippen molar-refractivity contribution in [2.75, 3.05) is 13.1 Å². The predicted molar refractivity (Wildman–Crippen MR) is 155 cm³/mol. The first-order chi connectivity index (χ1) is 20.2. The number of fused-ring (bicyclic) bond motifs is 1. The van der Waals surface area contributed by atoms with Gasteiger partial charge in [-0.05, 0) is 72.5 Å². The van der Waals surface area contributed by atoms with Gasteiger partial charge in [-0.2, -0.15) is 13.2 Å². The molecule has 6 nitrogen and oxygen atoms in total. The van der Waals surface area contributed by atoms with Gasteiger partial charge < -0.3 is 13.9 Å². The van der Waals surface area contributed by atoms with Gasteiger partial charge in [-0.3, -0.25) is 9.69 Å². The predicted octanol–water partition coefficient (Wildman–Crippen LogP) is 8.73. The van der Waals surface area contributed by atoms with Crippen LogP contribution in [0.15, 0.2) is 69.9 Å². The lowest BCUT2D eigenvalue weighted by molar-refractivity contribution is -0.154. The van der Waals surface area contributed by atoms with Gasteiger partial charge in [0.1, 0.15) is 22.9 Å². The highest BCUT2D eigenvalue weighted by molar-refractivity contribution is 6.30. The molecule has 0 atom stereocenters. The summed E-state index contributed by atoms with van der Waals surface area (Å²) in [6, 6.07) is 12.6. The largest absolute Gasteiger partial charge is 0.453 e. The Balaban J connectivity index is 1.92. The Morgan fingerprint density at radius 2 is 1.53 bits per heavy atom. The van der Waals surface area contributed by atoms with Gasteiger partial charge in [0.15, 0.2) is 0 Å². The Kier molecular flexibility index (Phi) is 9.82. The quantitative estimate of drug-likeness (QED) is 0.100. The van der Waals surface area contributed by atoms with E-state index in [0.29, 0.717) is 18.1 Å². The molecule has 0 aliphatic rings. The summed E-state index contributed by atoms with van der Waals surface area (Å²) in [7, 11) is 0. The molecular weight excluding hydrogens is 590 g/mol. The van der Waals surface area contributed by atoms with Crippen molar-refractivity contribution in [3.05, 3.63) is 98.6 Å². The zero-order valence-corrected chi connectivity index (χ0v) is 24.7. The number of benzene rings is 3. The van der Waals surface area contributed by atoms with Gasteiger partial charge in [-0.25, -0.2) is 9.18 Å². The smallest absolute Gasteiger partial charge is 0.449 e. The van der Waals surface area contributed by atoms with Gasteiger partial charge >= 0.3 is 12.1 Å². The lowest BCUT2D eigenvalue weighted by Crippen LogP contribution is -2.31. The third-order valence-electron chi connectivity index (χ3n) is 6.28. The third-order valence-corrected chi connectivity index (χ3v) is 6.53. The van der Waals surface area contributed by atoms with Crippen molar-refractivity contribution in [3.63, 3.8) is 0 Å². The first-order valence-corrected chi connectivity index (χ1v) is 13.9. The van der Waals surface area contributed by atoms with Gasteiger partial charge in [0, 0.05) is 24.7 Å². The Hall–Kier alpha value is -3.89. The average Bonchev–Trinajstić information content (AvgIpc) is 2.91. The molecule has 0 unspecified atom stereocenters. The molecule has 0 fully saturated rings. The molecule has 0 saturated heterocycles. The van der Waals surface area contributed by atoms with Gasteiger partial charge in [-0.15, -0.1) is 0 Å². The molecule has 0 spiro atoms. The van der Waals surface area contributed by atoms with Crippen LogP contribution in [0.2, 0.25) is 5.02 Å². The fourth-order valence-electron chi connectivity index (χ4n) is 4.63. The fourth-order valence-corrected chi connectivity index (χ4v) is 4.75. The number of alkyl halides is 3. The van der Waals surface area contributed by atoms with Crippen LogP contribution in [0.25, 0.3) is 11.0 Å². The molecule has 3 aromatic carbocycles. The Morgan fingerprint density at radius 1 is 0.930 bits per heavy atom. The van der Waals surface area contributed by atoms with Crippen LogP contribution in [0.3, 0.4) is 0 Å². The van der Waals surface area contributed by atoms with E-state index in [1.165, 1.54) is 48.5 Å². The van der Waals surface area contributed by atoms with E-state index < -0.39 is 34.9 Å². The number of rotatable bonds is 10. The van der Waals surface area contributed by atoms with E-state index in [-0.39, 0.29) is 52.0 Å². The standard InChI is InChI=1S/C32H30ClF4NO5/c1-18(2)15-38(16-19(3)4)17-25-26(42-31(40)20-5-9-22(34)10-6-20)14-13-24-27(39)29(30(32(35,36)37)43-28(24)25)41-23-11-7-21(33)8-12-23/h5-14,18-19H,15-17H2,1-4H3. The fraction of sp³-hybridized carbons (Fsp3) is 0.312. The van der Waals surface area contributed by atoms with Crippen molar-refractivity contribution >= 4 is 28.5 Å². The molecule has 11 heteroatoms. The second-order valence-corrected chi connectivity index (χ2v) is 11.4. The van der Waals surface area contributed by atoms with Crippen molar-refractivity contribution in [2.45, 2.75) is 40.4 Å². The molecule has 4 aromatic rings. The molecule has 228 valence electrons. The lowest BCUT2D eigenvalue weighted by atomic mass is 10.1. The van der Waals surface area contributed by atoms with Crippen molar-refractivity contribution < 1.29 is 36.2 Å². The minimum atomic E-state index is -5.11. The van der Waals surface area contributed by atoms with Crippen LogP contribution in [0.1, 0.15) is 49.4 Å². The summed E-state index contributed by atoms with van der Waals surface area (Å²) < 4.78 is 73.0. The summed E-state index contributed by atoms with van der Waals surface area (Å²) in [6.45, 7) is 9.12. The van der Waals surface area contributed by atoms with Gasteiger partial charge in [0.2, 0.25) is 11.2 Å². The maximum absolute atomic E-state index is 14.4. The molecule has 0 radical (unpaired) electrons. The van der Waals surface area contributed by atoms with Crippen LogP contribution in [0.5, 0.6) is 17.2 Å². The summed E-state index contributed by atoms with van der Waals surface area (Å²) in [5.74, 6) is -3.85. The molecular formula is C32H30ClF4NO5. The summed E-state index contributed by atoms with van der Waals surface area (Å²) in [5.41, 5.74) is -1.34. The number of carbonyl (C=O) groups excluding carboxylic acids is 1. The summed E-state index contributed by atoms with van der Waals surface area (Å²) in [5, 5.41) is 0.135. The second-order valence-electron chi connectivity index (χ2n) is 10.9. The van der Waals surface area contributed by atoms with E-state index in [2.05, 4.69) is 0 Å². The maximum atomic E-state index is 14.4. The van der Waals surface area contributed by atoms with Gasteiger partial charge in [-0.1, -0.05) is 39.3 Å². The highest BCUT2D eigenvalue weighted by Crippen LogP contribution is 2.40. The topological polar surface area (TPSA) is 69.0 Å². The molecule has 0 N–H and O–H groups in total. The molecule has 43 heavy (non-hydrogen) atoms. The molecule has 0 bridgehead atoms. The van der Waals surface area contributed by atoms with E-state index in [0.717, 1.165) is 12.1 Å². The van der Waals surface area contributed by atoms with E-state index in [1.54, 1.807) is 0 Å². The van der Waals surface area contributed by atoms with Crippen LogP contribution in [-0.4, -0.2) is 24.0 Å². The van der Waals surface area contributed by atoms with Crippen LogP contribution in [0.4, 0.5) is 17.6 Å². The lowest BCUT2D eigenvalue weighted by Gasteiger charge is -2.27. The molecule has 0 aliphatic carbocycles. The SMILES string of the molecule is CC(C)CN(Cc1c(OC(=O)c2ccc(F)cc2)ccc2c(=O)c(Oc3ccc(Cl)cc3)c(C(F)(F)F)oc12)CC(C)C. The van der Waals surface area contributed by atoms with Crippen molar-refractivity contribution in [1.82, 2.24) is 4.90 Å². The molecule has 4 rings (SSSR count). The third kappa shape index (κ3) is 7.94. The average molecular weight is 620 g/mol. The zero-order chi connectivity index (χ0) is 31.5. The second kappa shape index (κ2) is 13.2. The Morgan fingerprint density at radius 3 is 2.09 bits per heavy atom. The van der Waals surface area contributed by atoms with Gasteiger partial charge in [0.05, 0.1) is 16.5 Å². The van der Waals surface area contributed by atoms with Gasteiger partial charge in [0.25, 0.3) is 5.76 Å². The molecule has 1 heterocycles. The number of nitrogens with zero attached hydrogens (tertiary/aromatic N) is 1. The molecule has 0 amide bonds. The monoisotopic (exact) mass is 619 g/mol. The van der Waals surface area contributed by atoms with Crippen LogP contribution >= 0.6 is 11.6 Å². The first kappa shape index (κ1) is 32.0. The van der Waals surface area contributed by atoms with E-state index in [1.807, 2.05) is 32.6 Å². The molecule has 0 aliphatic heterocycles. The highest BCUT2D eigenvalue weighted by Gasteiger charge is 2.41. The highest BCUT2D eigenvalue weighted by atomic mass is 35.5. The Labute approximate surface area is 250 Å². The first-order valence-electron chi connectivity index (χ1n) is 13.6. The van der Waals surface area contributed by atoms with Crippen LogP contribution in [-0.2, 0) is 12.7 Å². The normalized spacial score (nSPS) is 12.0. The number of ether oxygens (including phenoxy) is 2. The van der Waals surface area contributed by atoms with Crippen molar-refractivity contribution in [3.8, 4) is 17.2 Å². The zero-order valence-electron chi connectivity index (χ0n) is 23.9. The minimum Gasteiger partial charge on any atom is -0.449 e. The number of hydrogen-bond acceptors (Lipinski definition) is 6. The number of halogens is 5. The molecule has 0 saturated carbocycles.